The number of amides is 2. The van der Waals surface area contributed by atoms with Gasteiger partial charge in [0.2, 0.25) is 0 Å². The zero-order valence-corrected chi connectivity index (χ0v) is 21.4. The smallest absolute Gasteiger partial charge is 0.326 e. The number of rotatable bonds is 6. The first-order valence-electron chi connectivity index (χ1n) is 13.4. The Kier molecular flexibility index (Phi) is 7.78. The number of aliphatic carboxylic acids is 1. The van der Waals surface area contributed by atoms with Crippen molar-refractivity contribution in [3.05, 3.63) is 88.8 Å². The Labute approximate surface area is 223 Å². The van der Waals surface area contributed by atoms with E-state index in [1.54, 1.807) is 4.90 Å². The van der Waals surface area contributed by atoms with Gasteiger partial charge in [-0.3, -0.25) is 9.69 Å². The summed E-state index contributed by atoms with van der Waals surface area (Å²) < 4.78 is 5.96. The molecule has 1 aliphatic heterocycles. The van der Waals surface area contributed by atoms with Crippen molar-refractivity contribution in [1.82, 2.24) is 4.90 Å². The maximum absolute atomic E-state index is 13.1. The predicted octanol–water partition coefficient (Wildman–Crippen LogP) is 6.32. The highest BCUT2D eigenvalue weighted by molar-refractivity contribution is 5.91. The average molecular weight is 512 g/mol. The summed E-state index contributed by atoms with van der Waals surface area (Å²) in [5.74, 6) is 1.05. The number of ether oxygens (including phenoxy) is 1. The summed E-state index contributed by atoms with van der Waals surface area (Å²) in [5, 5.41) is 20.8. The fourth-order valence-corrected chi connectivity index (χ4v) is 5.80. The second-order valence-corrected chi connectivity index (χ2v) is 10.4. The maximum atomic E-state index is 13.1. The predicted molar refractivity (Wildman–Crippen MR) is 144 cm³/mol. The van der Waals surface area contributed by atoms with Crippen LogP contribution in [-0.2, 0) is 16.0 Å². The molecule has 2 N–H and O–H groups in total. The molecule has 1 saturated carbocycles. The summed E-state index contributed by atoms with van der Waals surface area (Å²) in [6, 6.07) is 18.1. The fourth-order valence-electron chi connectivity index (χ4n) is 5.80. The Morgan fingerprint density at radius 1 is 1.03 bits per heavy atom. The number of hydrogen-bond acceptors (Lipinski definition) is 4. The third-order valence-electron chi connectivity index (χ3n) is 7.91. The number of benzene rings is 2. The molecule has 0 radical (unpaired) electrons. The van der Waals surface area contributed by atoms with Gasteiger partial charge in [0.15, 0.2) is 0 Å². The van der Waals surface area contributed by atoms with Crippen LogP contribution in [0.2, 0.25) is 0 Å². The second-order valence-electron chi connectivity index (χ2n) is 10.4. The molecule has 3 aliphatic rings. The molecule has 0 spiro atoms. The van der Waals surface area contributed by atoms with Gasteiger partial charge in [0.25, 0.3) is 0 Å². The molecule has 2 amide bonds. The van der Waals surface area contributed by atoms with Gasteiger partial charge in [-0.05, 0) is 78.8 Å². The minimum Gasteiger partial charge on any atom is -0.490 e. The topological polar surface area (TPSA) is 103 Å². The molecule has 2 aromatic carbocycles. The third-order valence-corrected chi connectivity index (χ3v) is 7.91. The number of urea groups is 1. The molecule has 2 aromatic rings. The zero-order chi connectivity index (χ0) is 26.5. The van der Waals surface area contributed by atoms with Crippen molar-refractivity contribution in [2.45, 2.75) is 56.8 Å². The van der Waals surface area contributed by atoms with E-state index in [-0.39, 0.29) is 18.4 Å². The number of carboxylic acids is 1. The largest absolute Gasteiger partial charge is 0.490 e. The van der Waals surface area contributed by atoms with Crippen molar-refractivity contribution in [3.8, 4) is 6.07 Å². The van der Waals surface area contributed by atoms with Gasteiger partial charge in [0, 0.05) is 18.0 Å². The Hall–Kier alpha value is -4.05. The molecule has 5 rings (SSSR count). The van der Waals surface area contributed by atoms with Crippen LogP contribution in [-0.4, -0.2) is 35.2 Å². The highest BCUT2D eigenvalue weighted by Gasteiger charge is 2.30. The van der Waals surface area contributed by atoms with Crippen LogP contribution in [0.25, 0.3) is 0 Å². The molecule has 0 bridgehead atoms. The van der Waals surface area contributed by atoms with E-state index in [0.29, 0.717) is 37.1 Å². The number of nitrogens with zero attached hydrogens (tertiary/aromatic N) is 2. The van der Waals surface area contributed by atoms with Gasteiger partial charge in [-0.2, -0.15) is 5.26 Å². The van der Waals surface area contributed by atoms with Crippen molar-refractivity contribution in [2.75, 3.05) is 18.5 Å². The molecular weight excluding hydrogens is 478 g/mol. The highest BCUT2D eigenvalue weighted by atomic mass is 16.5. The van der Waals surface area contributed by atoms with Gasteiger partial charge in [-0.25, -0.2) is 4.79 Å². The molecular formula is C31H33N3O4. The molecule has 38 heavy (non-hydrogen) atoms. The van der Waals surface area contributed by atoms with Crippen LogP contribution in [0.1, 0.15) is 67.1 Å². The van der Waals surface area contributed by atoms with E-state index in [1.165, 1.54) is 11.1 Å². The maximum Gasteiger partial charge on any atom is 0.326 e. The second kappa shape index (κ2) is 11.6. The quantitative estimate of drug-likeness (QED) is 0.472. The van der Waals surface area contributed by atoms with Crippen LogP contribution < -0.4 is 5.32 Å². The first kappa shape index (κ1) is 25.6. The molecule has 7 nitrogen and oxygen atoms in total. The van der Waals surface area contributed by atoms with E-state index < -0.39 is 5.97 Å². The van der Waals surface area contributed by atoms with Gasteiger partial charge in [0.05, 0.1) is 24.7 Å². The molecule has 1 unspecified atom stereocenters. The van der Waals surface area contributed by atoms with Gasteiger partial charge < -0.3 is 15.2 Å². The lowest BCUT2D eigenvalue weighted by Gasteiger charge is -2.35. The van der Waals surface area contributed by atoms with Crippen LogP contribution in [0.15, 0.2) is 72.1 Å². The zero-order valence-electron chi connectivity index (χ0n) is 21.4. The number of anilines is 1. The average Bonchev–Trinajstić information content (AvgIpc) is 2.94. The molecule has 0 aromatic heterocycles. The number of nitriles is 1. The van der Waals surface area contributed by atoms with Gasteiger partial charge in [-0.15, -0.1) is 0 Å². The summed E-state index contributed by atoms with van der Waals surface area (Å²) in [4.78, 5) is 25.8. The molecule has 7 heteroatoms. The normalized spacial score (nSPS) is 22.7. The van der Waals surface area contributed by atoms with Crippen molar-refractivity contribution in [2.24, 2.45) is 5.92 Å². The first-order chi connectivity index (χ1) is 18.5. The molecule has 2 fully saturated rings. The number of carbonyl (C=O) groups excluding carboxylic acids is 1. The summed E-state index contributed by atoms with van der Waals surface area (Å²) in [6.07, 6.45) is 9.69. The van der Waals surface area contributed by atoms with Crippen LogP contribution in [0.4, 0.5) is 10.5 Å². The van der Waals surface area contributed by atoms with Crippen molar-refractivity contribution < 1.29 is 19.4 Å². The highest BCUT2D eigenvalue weighted by Crippen LogP contribution is 2.39. The Morgan fingerprint density at radius 2 is 1.74 bits per heavy atom. The summed E-state index contributed by atoms with van der Waals surface area (Å²) >= 11 is 0. The van der Waals surface area contributed by atoms with Gasteiger partial charge in [0.1, 0.15) is 12.4 Å². The number of carbonyl (C=O) groups is 2. The van der Waals surface area contributed by atoms with Crippen LogP contribution in [0.3, 0.4) is 0 Å². The van der Waals surface area contributed by atoms with Gasteiger partial charge in [-0.1, -0.05) is 42.5 Å². The van der Waals surface area contributed by atoms with Crippen LogP contribution in [0.5, 0.6) is 0 Å². The van der Waals surface area contributed by atoms with Crippen molar-refractivity contribution in [3.63, 3.8) is 0 Å². The Morgan fingerprint density at radius 3 is 2.42 bits per heavy atom. The lowest BCUT2D eigenvalue weighted by atomic mass is 9.77. The lowest BCUT2D eigenvalue weighted by molar-refractivity contribution is -0.138. The summed E-state index contributed by atoms with van der Waals surface area (Å²) in [5.41, 5.74) is 4.97. The number of allylic oxidation sites excluding steroid dienone is 2. The minimum atomic E-state index is -0.690. The van der Waals surface area contributed by atoms with Crippen LogP contribution >= 0.6 is 0 Å². The van der Waals surface area contributed by atoms with Crippen molar-refractivity contribution >= 4 is 17.7 Å². The van der Waals surface area contributed by atoms with E-state index >= 15 is 0 Å². The van der Waals surface area contributed by atoms with E-state index in [9.17, 15) is 9.59 Å². The number of carboxylic acid groups (broad SMARTS) is 1. The molecule has 1 atom stereocenters. The van der Waals surface area contributed by atoms with E-state index in [1.807, 2.05) is 24.3 Å². The standard InChI is InChI=1S/C31H33N3O4/c32-16-15-21-3-12-27(13-4-21)33-31(37)34-17-18-38-29-20-26(11-14-28(29)34)25-9-7-24(8-10-25)23-5-1-22(2-6-23)19-30(35)36/h3-4,7-10,12-14,20,22-23,26H,1-2,5-6,11,15,17-19H2,(H,33,37)(H,35,36). The van der Waals surface area contributed by atoms with E-state index in [4.69, 9.17) is 15.1 Å². The fraction of sp³-hybridized carbons (Fsp3) is 0.387. The molecule has 2 aliphatic carbocycles. The number of nitrogens with one attached hydrogen (secondary N) is 1. The monoisotopic (exact) mass is 511 g/mol. The SMILES string of the molecule is N#CCc1ccc(NC(=O)N2CCOC3=CC(c4ccc(C5CCC(CC(=O)O)CC5)cc4)CC=C32)cc1. The van der Waals surface area contributed by atoms with E-state index in [2.05, 4.69) is 47.8 Å². The molecule has 196 valence electrons. The molecule has 1 heterocycles. The number of hydrogen-bond donors (Lipinski definition) is 2. The summed E-state index contributed by atoms with van der Waals surface area (Å²) in [7, 11) is 0. The number of morpholine rings is 1. The minimum absolute atomic E-state index is 0.185. The van der Waals surface area contributed by atoms with E-state index in [0.717, 1.165) is 49.1 Å². The van der Waals surface area contributed by atoms with Gasteiger partial charge >= 0.3 is 12.0 Å². The number of fused-ring (bicyclic) bond motifs is 1. The Balaban J connectivity index is 1.20. The lowest BCUT2D eigenvalue weighted by Crippen LogP contribution is -2.41. The third kappa shape index (κ3) is 5.91. The van der Waals surface area contributed by atoms with Crippen LogP contribution in [0, 0.1) is 17.2 Å². The first-order valence-corrected chi connectivity index (χ1v) is 13.4. The summed E-state index contributed by atoms with van der Waals surface area (Å²) in [6.45, 7) is 0.920. The van der Waals surface area contributed by atoms with Crippen molar-refractivity contribution in [1.29, 1.82) is 5.26 Å². The molecule has 1 saturated heterocycles. The Bertz CT molecular complexity index is 1270.